The van der Waals surface area contributed by atoms with Gasteiger partial charge in [0.05, 0.1) is 16.4 Å². The average molecular weight is 408 g/mol. The first-order chi connectivity index (χ1) is 12.9. The normalized spacial score (nSPS) is 10.6. The molecule has 0 radical (unpaired) electrons. The van der Waals surface area contributed by atoms with Crippen LogP contribution in [0.25, 0.3) is 11.4 Å². The van der Waals surface area contributed by atoms with Crippen molar-refractivity contribution in [3.05, 3.63) is 63.4 Å². The number of nitrogens with zero attached hydrogens (tertiary/aromatic N) is 3. The molecular weight excluding hydrogens is 397 g/mol. The molecule has 8 nitrogen and oxygen atoms in total. The predicted octanol–water partition coefficient (Wildman–Crippen LogP) is 3.90. The second-order valence-electron chi connectivity index (χ2n) is 5.23. The molecule has 3 aromatic rings. The molecule has 138 valence electrons. The van der Waals surface area contributed by atoms with Crippen molar-refractivity contribution in [2.75, 3.05) is 11.1 Å². The van der Waals surface area contributed by atoms with Crippen LogP contribution in [0.3, 0.4) is 0 Å². The van der Waals surface area contributed by atoms with E-state index in [1.54, 1.807) is 24.3 Å². The SMILES string of the molecule is O=C(CSc1n[nH]c(-c2ccc(Cl)cc2)n1)Nc1cc([N+](=O)[O-])ccc1F. The molecule has 0 saturated carbocycles. The number of halogens is 2. The summed E-state index contributed by atoms with van der Waals surface area (Å²) in [4.78, 5) is 26.3. The van der Waals surface area contributed by atoms with E-state index in [0.717, 1.165) is 35.5 Å². The summed E-state index contributed by atoms with van der Waals surface area (Å²) in [6, 6.07) is 9.88. The molecule has 27 heavy (non-hydrogen) atoms. The molecule has 0 spiro atoms. The van der Waals surface area contributed by atoms with Gasteiger partial charge in [-0.3, -0.25) is 20.0 Å². The van der Waals surface area contributed by atoms with E-state index in [2.05, 4.69) is 20.5 Å². The van der Waals surface area contributed by atoms with Crippen LogP contribution in [0.2, 0.25) is 5.02 Å². The number of nitrogens with one attached hydrogen (secondary N) is 2. The minimum absolute atomic E-state index is 0.0972. The Hall–Kier alpha value is -2.98. The Morgan fingerprint density at radius 1 is 1.30 bits per heavy atom. The van der Waals surface area contributed by atoms with Crippen molar-refractivity contribution in [2.24, 2.45) is 0 Å². The van der Waals surface area contributed by atoms with E-state index >= 15 is 0 Å². The minimum atomic E-state index is -0.762. The van der Waals surface area contributed by atoms with Gasteiger partial charge in [-0.05, 0) is 30.3 Å². The lowest BCUT2D eigenvalue weighted by atomic mass is 10.2. The quantitative estimate of drug-likeness (QED) is 0.364. The molecule has 0 fully saturated rings. The Morgan fingerprint density at radius 3 is 2.74 bits per heavy atom. The minimum Gasteiger partial charge on any atom is -0.323 e. The number of H-pyrrole nitrogens is 1. The van der Waals surface area contributed by atoms with Crippen LogP contribution in [0.5, 0.6) is 0 Å². The molecule has 11 heteroatoms. The summed E-state index contributed by atoms with van der Waals surface area (Å²) in [6.45, 7) is 0. The van der Waals surface area contributed by atoms with Crippen LogP contribution in [0.4, 0.5) is 15.8 Å². The summed E-state index contributed by atoms with van der Waals surface area (Å²) in [5.74, 6) is -0.890. The maximum atomic E-state index is 13.7. The Labute approximate surface area is 161 Å². The molecule has 0 aliphatic heterocycles. The highest BCUT2D eigenvalue weighted by Crippen LogP contribution is 2.23. The van der Waals surface area contributed by atoms with Crippen LogP contribution in [0.1, 0.15) is 0 Å². The lowest BCUT2D eigenvalue weighted by Gasteiger charge is -2.05. The fraction of sp³-hybridized carbons (Fsp3) is 0.0625. The van der Waals surface area contributed by atoms with Gasteiger partial charge in [-0.1, -0.05) is 23.4 Å². The molecule has 0 atom stereocenters. The molecule has 3 rings (SSSR count). The van der Waals surface area contributed by atoms with Crippen LogP contribution in [0.15, 0.2) is 47.6 Å². The maximum Gasteiger partial charge on any atom is 0.271 e. The van der Waals surface area contributed by atoms with E-state index < -0.39 is 16.6 Å². The van der Waals surface area contributed by atoms with Gasteiger partial charge in [-0.25, -0.2) is 9.37 Å². The third-order valence-corrected chi connectivity index (χ3v) is 4.45. The number of nitro benzene ring substituents is 1. The highest BCUT2D eigenvalue weighted by molar-refractivity contribution is 7.99. The van der Waals surface area contributed by atoms with E-state index in [0.29, 0.717) is 16.0 Å². The number of amides is 1. The van der Waals surface area contributed by atoms with Gasteiger partial charge in [0.1, 0.15) is 5.82 Å². The van der Waals surface area contributed by atoms with Gasteiger partial charge in [0.25, 0.3) is 5.69 Å². The van der Waals surface area contributed by atoms with Gasteiger partial charge in [0.2, 0.25) is 11.1 Å². The second kappa shape index (κ2) is 8.14. The van der Waals surface area contributed by atoms with E-state index in [1.807, 2.05) is 0 Å². The summed E-state index contributed by atoms with van der Waals surface area (Å²) in [5.41, 5.74) is 0.203. The largest absolute Gasteiger partial charge is 0.323 e. The van der Waals surface area contributed by atoms with Crippen molar-refractivity contribution in [3.63, 3.8) is 0 Å². The van der Waals surface area contributed by atoms with Gasteiger partial charge >= 0.3 is 0 Å². The Kier molecular flexibility index (Phi) is 5.67. The zero-order valence-corrected chi connectivity index (χ0v) is 15.1. The third-order valence-electron chi connectivity index (χ3n) is 3.35. The molecule has 1 heterocycles. The van der Waals surface area contributed by atoms with Crippen molar-refractivity contribution in [1.29, 1.82) is 0 Å². The second-order valence-corrected chi connectivity index (χ2v) is 6.61. The number of benzene rings is 2. The number of carbonyl (C=O) groups excluding carboxylic acids is 1. The lowest BCUT2D eigenvalue weighted by molar-refractivity contribution is -0.384. The van der Waals surface area contributed by atoms with Crippen molar-refractivity contribution < 1.29 is 14.1 Å². The van der Waals surface area contributed by atoms with E-state index in [4.69, 9.17) is 11.6 Å². The summed E-state index contributed by atoms with van der Waals surface area (Å²) in [5, 5.41) is 20.7. The summed E-state index contributed by atoms with van der Waals surface area (Å²) in [6.07, 6.45) is 0. The third kappa shape index (κ3) is 4.80. The topological polar surface area (TPSA) is 114 Å². The number of anilines is 1. The highest BCUT2D eigenvalue weighted by atomic mass is 35.5. The first-order valence-corrected chi connectivity index (χ1v) is 8.83. The molecule has 0 aliphatic rings. The molecule has 1 aromatic heterocycles. The number of nitro groups is 1. The number of aromatic amines is 1. The molecular formula is C16H11ClFN5O3S. The summed E-state index contributed by atoms with van der Waals surface area (Å²) in [7, 11) is 0. The maximum absolute atomic E-state index is 13.7. The van der Waals surface area contributed by atoms with Crippen molar-refractivity contribution in [3.8, 4) is 11.4 Å². The molecule has 0 saturated heterocycles. The first-order valence-electron chi connectivity index (χ1n) is 7.47. The van der Waals surface area contributed by atoms with Crippen molar-refractivity contribution in [1.82, 2.24) is 15.2 Å². The van der Waals surface area contributed by atoms with E-state index in [-0.39, 0.29) is 17.1 Å². The van der Waals surface area contributed by atoms with Crippen LogP contribution in [-0.2, 0) is 4.79 Å². The van der Waals surface area contributed by atoms with Gasteiger partial charge < -0.3 is 5.32 Å². The highest BCUT2D eigenvalue weighted by Gasteiger charge is 2.14. The van der Waals surface area contributed by atoms with Gasteiger partial charge in [0.15, 0.2) is 5.82 Å². The Morgan fingerprint density at radius 2 is 2.04 bits per heavy atom. The molecule has 0 aliphatic carbocycles. The van der Waals surface area contributed by atoms with E-state index in [9.17, 15) is 19.3 Å². The molecule has 2 aromatic carbocycles. The smallest absolute Gasteiger partial charge is 0.271 e. The Bertz CT molecular complexity index is 996. The Balaban J connectivity index is 1.61. The lowest BCUT2D eigenvalue weighted by Crippen LogP contribution is -2.15. The molecule has 0 bridgehead atoms. The fourth-order valence-corrected chi connectivity index (χ4v) is 2.81. The summed E-state index contributed by atoms with van der Waals surface area (Å²) >= 11 is 6.87. The van der Waals surface area contributed by atoms with E-state index in [1.165, 1.54) is 0 Å². The van der Waals surface area contributed by atoms with Crippen LogP contribution in [0, 0.1) is 15.9 Å². The number of carbonyl (C=O) groups is 1. The first kappa shape index (κ1) is 18.8. The standard InChI is InChI=1S/C16H11ClFN5O3S/c17-10-3-1-9(2-4-10)15-20-16(22-21-15)27-8-14(24)19-13-7-11(23(25)26)5-6-12(13)18/h1-7H,8H2,(H,19,24)(H,20,21,22). The number of hydrogen-bond donors (Lipinski definition) is 2. The zero-order chi connectivity index (χ0) is 19.4. The van der Waals surface area contributed by atoms with Crippen molar-refractivity contribution in [2.45, 2.75) is 5.16 Å². The van der Waals surface area contributed by atoms with Crippen LogP contribution >= 0.6 is 23.4 Å². The van der Waals surface area contributed by atoms with Crippen LogP contribution < -0.4 is 5.32 Å². The number of hydrogen-bond acceptors (Lipinski definition) is 6. The van der Waals surface area contributed by atoms with Gasteiger partial charge in [-0.2, -0.15) is 0 Å². The monoisotopic (exact) mass is 407 g/mol. The number of non-ortho nitro benzene ring substituents is 1. The number of aromatic nitrogens is 3. The number of thioether (sulfide) groups is 1. The zero-order valence-electron chi connectivity index (χ0n) is 13.5. The fourth-order valence-electron chi connectivity index (χ4n) is 2.09. The predicted molar refractivity (Wildman–Crippen MR) is 99.2 cm³/mol. The molecule has 0 unspecified atom stereocenters. The van der Waals surface area contributed by atoms with Crippen LogP contribution in [-0.4, -0.2) is 31.8 Å². The number of rotatable bonds is 6. The average Bonchev–Trinajstić information content (AvgIpc) is 3.11. The molecule has 2 N–H and O–H groups in total. The summed E-state index contributed by atoms with van der Waals surface area (Å²) < 4.78 is 13.7. The van der Waals surface area contributed by atoms with Gasteiger partial charge in [0, 0.05) is 22.7 Å². The van der Waals surface area contributed by atoms with Gasteiger partial charge in [-0.15, -0.1) is 5.10 Å². The molecule has 1 amide bonds. The van der Waals surface area contributed by atoms with Crippen molar-refractivity contribution >= 4 is 40.6 Å².